The number of carbonyl (C=O) groups is 2. The fraction of sp³-hybridized carbons (Fsp3) is 0.290. The Morgan fingerprint density at radius 2 is 1.38 bits per heavy atom. The van der Waals surface area contributed by atoms with Crippen LogP contribution in [0.25, 0.3) is 5.76 Å². The third-order valence-electron chi connectivity index (χ3n) is 6.38. The van der Waals surface area contributed by atoms with Crippen LogP contribution in [0.5, 0.6) is 23.0 Å². The van der Waals surface area contributed by atoms with E-state index in [1.165, 1.54) is 4.90 Å². The first kappa shape index (κ1) is 27.6. The van der Waals surface area contributed by atoms with Crippen molar-refractivity contribution in [2.75, 3.05) is 26.9 Å². The number of hydrogen-bond acceptors (Lipinski definition) is 7. The van der Waals surface area contributed by atoms with Crippen molar-refractivity contribution in [3.05, 3.63) is 89.0 Å². The Morgan fingerprint density at radius 3 is 2.00 bits per heavy atom. The number of rotatable bonds is 11. The van der Waals surface area contributed by atoms with Gasteiger partial charge in [0.2, 0.25) is 0 Å². The molecule has 0 radical (unpaired) electrons. The van der Waals surface area contributed by atoms with E-state index >= 15 is 0 Å². The largest absolute Gasteiger partial charge is 0.507 e. The number of carbonyl (C=O) groups excluding carboxylic acids is 2. The SMILES string of the molecule is CCOc1ccc(C2/C(=C(/O)c3ccc(OCC)cc3OCC)C(=O)C(=O)N2Cc2ccc(OC)cc2)cc1. The maximum absolute atomic E-state index is 13.5. The first-order valence-corrected chi connectivity index (χ1v) is 13.0. The molecule has 3 aromatic rings. The van der Waals surface area contributed by atoms with Crippen LogP contribution in [0.15, 0.2) is 72.3 Å². The van der Waals surface area contributed by atoms with Gasteiger partial charge in [-0.2, -0.15) is 0 Å². The van der Waals surface area contributed by atoms with Crippen LogP contribution in [0.3, 0.4) is 0 Å². The number of likely N-dealkylation sites (tertiary alicyclic amines) is 1. The van der Waals surface area contributed by atoms with E-state index < -0.39 is 17.7 Å². The zero-order chi connectivity index (χ0) is 27.9. The van der Waals surface area contributed by atoms with Gasteiger partial charge >= 0.3 is 0 Å². The van der Waals surface area contributed by atoms with Gasteiger partial charge in [0.1, 0.15) is 28.8 Å². The molecule has 4 rings (SSSR count). The van der Waals surface area contributed by atoms with Gasteiger partial charge in [0.25, 0.3) is 11.7 Å². The molecule has 1 N–H and O–H groups in total. The highest BCUT2D eigenvalue weighted by molar-refractivity contribution is 6.46. The highest BCUT2D eigenvalue weighted by atomic mass is 16.5. The van der Waals surface area contributed by atoms with E-state index in [0.717, 1.165) is 5.56 Å². The quantitative estimate of drug-likeness (QED) is 0.198. The van der Waals surface area contributed by atoms with Crippen molar-refractivity contribution in [3.8, 4) is 23.0 Å². The molecule has 204 valence electrons. The second-order valence-electron chi connectivity index (χ2n) is 8.80. The number of ketones is 1. The molecule has 1 aliphatic heterocycles. The van der Waals surface area contributed by atoms with Crippen molar-refractivity contribution in [2.45, 2.75) is 33.4 Å². The van der Waals surface area contributed by atoms with Gasteiger partial charge in [-0.1, -0.05) is 24.3 Å². The molecule has 8 nitrogen and oxygen atoms in total. The molecule has 0 aromatic heterocycles. The summed E-state index contributed by atoms with van der Waals surface area (Å²) in [6, 6.07) is 18.6. The molecule has 0 aliphatic carbocycles. The minimum Gasteiger partial charge on any atom is -0.507 e. The number of hydrogen-bond donors (Lipinski definition) is 1. The van der Waals surface area contributed by atoms with Crippen molar-refractivity contribution in [1.82, 2.24) is 4.90 Å². The van der Waals surface area contributed by atoms with Gasteiger partial charge in [-0.15, -0.1) is 0 Å². The summed E-state index contributed by atoms with van der Waals surface area (Å²) < 4.78 is 22.2. The van der Waals surface area contributed by atoms with Gasteiger partial charge in [0.05, 0.1) is 44.1 Å². The van der Waals surface area contributed by atoms with Crippen LogP contribution in [-0.4, -0.2) is 48.6 Å². The molecule has 1 atom stereocenters. The minimum absolute atomic E-state index is 0.0113. The number of nitrogens with zero attached hydrogens (tertiary/aromatic N) is 1. The fourth-order valence-corrected chi connectivity index (χ4v) is 4.61. The molecule has 0 bridgehead atoms. The van der Waals surface area contributed by atoms with E-state index in [1.807, 2.05) is 32.9 Å². The number of benzene rings is 3. The summed E-state index contributed by atoms with van der Waals surface area (Å²) in [4.78, 5) is 28.4. The first-order chi connectivity index (χ1) is 18.9. The maximum atomic E-state index is 13.5. The van der Waals surface area contributed by atoms with Crippen molar-refractivity contribution in [3.63, 3.8) is 0 Å². The molecular weight excluding hydrogens is 498 g/mol. The average Bonchev–Trinajstić information content (AvgIpc) is 3.19. The van der Waals surface area contributed by atoms with Crippen molar-refractivity contribution in [2.24, 2.45) is 0 Å². The fourth-order valence-electron chi connectivity index (χ4n) is 4.61. The zero-order valence-electron chi connectivity index (χ0n) is 22.6. The van der Waals surface area contributed by atoms with Crippen LogP contribution in [0.4, 0.5) is 0 Å². The van der Waals surface area contributed by atoms with E-state index in [1.54, 1.807) is 61.7 Å². The number of amides is 1. The van der Waals surface area contributed by atoms with Crippen molar-refractivity contribution >= 4 is 17.4 Å². The lowest BCUT2D eigenvalue weighted by atomic mass is 9.94. The van der Waals surface area contributed by atoms with Crippen LogP contribution < -0.4 is 18.9 Å². The van der Waals surface area contributed by atoms with Crippen LogP contribution in [0.2, 0.25) is 0 Å². The summed E-state index contributed by atoms with van der Waals surface area (Å²) in [6.45, 7) is 7.05. The molecule has 0 saturated carbocycles. The predicted molar refractivity (Wildman–Crippen MR) is 147 cm³/mol. The lowest BCUT2D eigenvalue weighted by Gasteiger charge is -2.26. The van der Waals surface area contributed by atoms with E-state index in [2.05, 4.69) is 0 Å². The van der Waals surface area contributed by atoms with E-state index in [-0.39, 0.29) is 17.9 Å². The Hall–Kier alpha value is -4.46. The second kappa shape index (κ2) is 12.4. The van der Waals surface area contributed by atoms with Gasteiger partial charge < -0.3 is 29.0 Å². The Balaban J connectivity index is 1.84. The standard InChI is InChI=1S/C31H33NO7/c1-5-37-23-14-10-21(11-15-23)28-27(29(33)25-17-16-24(38-6-2)18-26(25)39-7-3)30(34)31(35)32(28)19-20-8-12-22(36-4)13-9-20/h8-18,28,33H,5-7,19H2,1-4H3/b29-27-. The molecule has 39 heavy (non-hydrogen) atoms. The van der Waals surface area contributed by atoms with E-state index in [4.69, 9.17) is 18.9 Å². The molecule has 0 spiro atoms. The van der Waals surface area contributed by atoms with Crippen LogP contribution in [0.1, 0.15) is 43.5 Å². The number of aliphatic hydroxyl groups excluding tert-OH is 1. The van der Waals surface area contributed by atoms with E-state index in [9.17, 15) is 14.7 Å². The lowest BCUT2D eigenvalue weighted by molar-refractivity contribution is -0.140. The third kappa shape index (κ3) is 5.85. The number of methoxy groups -OCH3 is 1. The summed E-state index contributed by atoms with van der Waals surface area (Å²) in [6.07, 6.45) is 0. The van der Waals surface area contributed by atoms with Gasteiger partial charge in [0, 0.05) is 12.6 Å². The first-order valence-electron chi connectivity index (χ1n) is 13.0. The summed E-state index contributed by atoms with van der Waals surface area (Å²) in [5.74, 6) is 0.497. The van der Waals surface area contributed by atoms with Gasteiger partial charge in [-0.25, -0.2) is 0 Å². The lowest BCUT2D eigenvalue weighted by Crippen LogP contribution is -2.29. The Bertz CT molecular complexity index is 1350. The molecule has 1 amide bonds. The van der Waals surface area contributed by atoms with Crippen LogP contribution in [-0.2, 0) is 16.1 Å². The van der Waals surface area contributed by atoms with Crippen molar-refractivity contribution in [1.29, 1.82) is 0 Å². The van der Waals surface area contributed by atoms with Gasteiger partial charge in [0.15, 0.2) is 0 Å². The normalized spacial score (nSPS) is 16.3. The average molecular weight is 532 g/mol. The van der Waals surface area contributed by atoms with E-state index in [0.29, 0.717) is 53.9 Å². The summed E-state index contributed by atoms with van der Waals surface area (Å²) in [7, 11) is 1.58. The summed E-state index contributed by atoms with van der Waals surface area (Å²) in [5.41, 5.74) is 1.77. The maximum Gasteiger partial charge on any atom is 0.295 e. The number of Topliss-reactive ketones (excluding diaryl/α,β-unsaturated/α-hetero) is 1. The van der Waals surface area contributed by atoms with Gasteiger partial charge in [-0.3, -0.25) is 9.59 Å². The third-order valence-corrected chi connectivity index (χ3v) is 6.38. The Kier molecular flexibility index (Phi) is 8.76. The minimum atomic E-state index is -0.830. The highest BCUT2D eigenvalue weighted by Gasteiger charge is 2.46. The molecular formula is C31H33NO7. The predicted octanol–water partition coefficient (Wildman–Crippen LogP) is 5.51. The zero-order valence-corrected chi connectivity index (χ0v) is 22.6. The smallest absolute Gasteiger partial charge is 0.295 e. The molecule has 1 saturated heterocycles. The van der Waals surface area contributed by atoms with Crippen molar-refractivity contribution < 1.29 is 33.6 Å². The molecule has 1 aliphatic rings. The second-order valence-corrected chi connectivity index (χ2v) is 8.80. The summed E-state index contributed by atoms with van der Waals surface area (Å²) >= 11 is 0. The molecule has 1 unspecified atom stereocenters. The molecule has 1 heterocycles. The number of ether oxygens (including phenoxy) is 4. The van der Waals surface area contributed by atoms with Crippen LogP contribution in [0, 0.1) is 0 Å². The topological polar surface area (TPSA) is 94.5 Å². The molecule has 8 heteroatoms. The Labute approximate surface area is 228 Å². The Morgan fingerprint density at radius 1 is 0.795 bits per heavy atom. The summed E-state index contributed by atoms with van der Waals surface area (Å²) in [5, 5.41) is 11.6. The molecule has 3 aromatic carbocycles. The number of aliphatic hydroxyl groups is 1. The van der Waals surface area contributed by atoms with Gasteiger partial charge in [-0.05, 0) is 68.3 Å². The molecule has 1 fully saturated rings. The highest BCUT2D eigenvalue weighted by Crippen LogP contribution is 2.42. The monoisotopic (exact) mass is 531 g/mol. The van der Waals surface area contributed by atoms with Crippen LogP contribution >= 0.6 is 0 Å².